The molecule has 5 heterocycles. The first-order valence-corrected chi connectivity index (χ1v) is 14.1. The molecule has 2 saturated heterocycles. The highest BCUT2D eigenvalue weighted by molar-refractivity contribution is 5.88. The lowest BCUT2D eigenvalue weighted by atomic mass is 10.1. The van der Waals surface area contributed by atoms with Gasteiger partial charge in [0.15, 0.2) is 0 Å². The summed E-state index contributed by atoms with van der Waals surface area (Å²) in [5.74, 6) is 1.93. The number of likely N-dealkylation sites (N-methyl/N-ethyl adjacent to an activating group) is 1. The highest BCUT2D eigenvalue weighted by Crippen LogP contribution is 2.40. The topological polar surface area (TPSA) is 99.8 Å². The quantitative estimate of drug-likeness (QED) is 0.409. The molecule has 10 heteroatoms. The van der Waals surface area contributed by atoms with E-state index in [2.05, 4.69) is 73.0 Å². The van der Waals surface area contributed by atoms with E-state index in [4.69, 9.17) is 20.4 Å². The Labute approximate surface area is 234 Å². The van der Waals surface area contributed by atoms with Crippen molar-refractivity contribution in [2.45, 2.75) is 13.0 Å². The Kier molecular flexibility index (Phi) is 6.66. The van der Waals surface area contributed by atoms with Crippen molar-refractivity contribution in [3.63, 3.8) is 0 Å². The predicted molar refractivity (Wildman–Crippen MR) is 158 cm³/mol. The molecule has 3 aliphatic heterocycles. The molecule has 0 unspecified atom stereocenters. The average molecular weight is 538 g/mol. The second-order valence-electron chi connectivity index (χ2n) is 11.0. The standard InChI is InChI=1S/C30H35N9O/c1-36-8-10-37(11-9-36)20-21-2-3-23-17-25(5-4-22(23)16-21)39-7-6-26-27(24-18-32-29(31)33-19-24)34-30(35-28(26)39)38-12-14-40-15-13-38/h2-5,16-19H,6-15,20H2,1H3,(H2,31,32,33). The molecule has 7 rings (SSSR count). The van der Waals surface area contributed by atoms with Gasteiger partial charge in [-0.1, -0.05) is 18.2 Å². The number of piperazine rings is 1. The molecule has 10 nitrogen and oxygen atoms in total. The first kappa shape index (κ1) is 25.1. The van der Waals surface area contributed by atoms with Gasteiger partial charge in [0, 0.05) is 81.6 Å². The van der Waals surface area contributed by atoms with Crippen LogP contribution >= 0.6 is 0 Å². The number of nitrogen functional groups attached to an aromatic ring is 1. The Hall–Kier alpha value is -3.86. The van der Waals surface area contributed by atoms with Gasteiger partial charge in [-0.15, -0.1) is 0 Å². The van der Waals surface area contributed by atoms with Crippen molar-refractivity contribution in [2.75, 3.05) is 81.6 Å². The van der Waals surface area contributed by atoms with Gasteiger partial charge in [-0.3, -0.25) is 4.90 Å². The Morgan fingerprint density at radius 1 is 0.850 bits per heavy atom. The molecular formula is C30H35N9O. The number of hydrogen-bond donors (Lipinski definition) is 1. The average Bonchev–Trinajstić information content (AvgIpc) is 3.43. The van der Waals surface area contributed by atoms with E-state index in [-0.39, 0.29) is 5.95 Å². The third-order valence-corrected chi connectivity index (χ3v) is 8.26. The fourth-order valence-electron chi connectivity index (χ4n) is 5.91. The molecular weight excluding hydrogens is 502 g/mol. The van der Waals surface area contributed by atoms with Gasteiger partial charge in [0.25, 0.3) is 0 Å². The van der Waals surface area contributed by atoms with Gasteiger partial charge in [-0.05, 0) is 48.0 Å². The van der Waals surface area contributed by atoms with Crippen LogP contribution in [0.3, 0.4) is 0 Å². The number of fused-ring (bicyclic) bond motifs is 2. The molecule has 206 valence electrons. The zero-order chi connectivity index (χ0) is 27.1. The van der Waals surface area contributed by atoms with Crippen molar-refractivity contribution in [2.24, 2.45) is 0 Å². The van der Waals surface area contributed by atoms with Crippen molar-refractivity contribution >= 4 is 34.2 Å². The fourth-order valence-corrected chi connectivity index (χ4v) is 5.91. The van der Waals surface area contributed by atoms with Crippen LogP contribution < -0.4 is 15.5 Å². The first-order chi connectivity index (χ1) is 19.6. The largest absolute Gasteiger partial charge is 0.378 e. The Balaban J connectivity index is 1.21. The molecule has 0 bridgehead atoms. The van der Waals surface area contributed by atoms with E-state index in [1.807, 2.05) is 0 Å². The summed E-state index contributed by atoms with van der Waals surface area (Å²) in [6, 6.07) is 13.6. The van der Waals surface area contributed by atoms with Crippen molar-refractivity contribution in [3.8, 4) is 11.3 Å². The van der Waals surface area contributed by atoms with Gasteiger partial charge >= 0.3 is 0 Å². The molecule has 0 radical (unpaired) electrons. The molecule has 0 amide bonds. The van der Waals surface area contributed by atoms with Crippen molar-refractivity contribution < 1.29 is 4.74 Å². The molecule has 0 atom stereocenters. The lowest BCUT2D eigenvalue weighted by Crippen LogP contribution is -2.43. The highest BCUT2D eigenvalue weighted by Gasteiger charge is 2.29. The van der Waals surface area contributed by atoms with E-state index in [1.165, 1.54) is 16.3 Å². The second kappa shape index (κ2) is 10.6. The number of ether oxygens (including phenoxy) is 1. The van der Waals surface area contributed by atoms with E-state index >= 15 is 0 Å². The molecule has 0 aliphatic carbocycles. The zero-order valence-corrected chi connectivity index (χ0v) is 23.0. The summed E-state index contributed by atoms with van der Waals surface area (Å²) in [6.07, 6.45) is 4.36. The van der Waals surface area contributed by atoms with Gasteiger partial charge in [-0.2, -0.15) is 4.98 Å². The molecule has 0 saturated carbocycles. The van der Waals surface area contributed by atoms with Crippen LogP contribution in [0.1, 0.15) is 11.1 Å². The maximum Gasteiger partial charge on any atom is 0.228 e. The first-order valence-electron chi connectivity index (χ1n) is 14.1. The third kappa shape index (κ3) is 4.94. The lowest BCUT2D eigenvalue weighted by Gasteiger charge is -2.32. The summed E-state index contributed by atoms with van der Waals surface area (Å²) >= 11 is 0. The highest BCUT2D eigenvalue weighted by atomic mass is 16.5. The third-order valence-electron chi connectivity index (χ3n) is 8.26. The van der Waals surface area contributed by atoms with E-state index in [1.54, 1.807) is 12.4 Å². The van der Waals surface area contributed by atoms with Crippen LogP contribution in [0.2, 0.25) is 0 Å². The van der Waals surface area contributed by atoms with Crippen molar-refractivity contribution in [1.29, 1.82) is 0 Å². The number of aromatic nitrogens is 4. The molecule has 2 fully saturated rings. The Bertz CT molecular complexity index is 1510. The number of morpholine rings is 1. The summed E-state index contributed by atoms with van der Waals surface area (Å²) in [5.41, 5.74) is 11.1. The van der Waals surface area contributed by atoms with Crippen LogP contribution in [0.25, 0.3) is 22.0 Å². The number of anilines is 4. The summed E-state index contributed by atoms with van der Waals surface area (Å²) in [6.45, 7) is 9.25. The van der Waals surface area contributed by atoms with Crippen LogP contribution in [0, 0.1) is 0 Å². The van der Waals surface area contributed by atoms with Crippen LogP contribution in [0.5, 0.6) is 0 Å². The maximum atomic E-state index is 5.78. The minimum atomic E-state index is 0.257. The second-order valence-corrected chi connectivity index (χ2v) is 11.0. The number of hydrogen-bond acceptors (Lipinski definition) is 10. The fraction of sp³-hybridized carbons (Fsp3) is 0.400. The van der Waals surface area contributed by atoms with Gasteiger partial charge in [0.1, 0.15) is 5.82 Å². The minimum Gasteiger partial charge on any atom is -0.378 e. The molecule has 0 spiro atoms. The lowest BCUT2D eigenvalue weighted by molar-refractivity contribution is 0.122. The van der Waals surface area contributed by atoms with Crippen LogP contribution in [-0.4, -0.2) is 95.8 Å². The molecule has 3 aliphatic rings. The molecule has 2 N–H and O–H groups in total. The Morgan fingerprint density at radius 3 is 2.40 bits per heavy atom. The smallest absolute Gasteiger partial charge is 0.228 e. The van der Waals surface area contributed by atoms with Crippen LogP contribution in [-0.2, 0) is 17.7 Å². The van der Waals surface area contributed by atoms with Gasteiger partial charge < -0.3 is 25.2 Å². The maximum absolute atomic E-state index is 5.78. The minimum absolute atomic E-state index is 0.257. The zero-order valence-electron chi connectivity index (χ0n) is 23.0. The number of rotatable bonds is 5. The van der Waals surface area contributed by atoms with E-state index in [0.717, 1.165) is 93.1 Å². The SMILES string of the molecule is CN1CCN(Cc2ccc3cc(N4CCc5c(-c6cnc(N)nc6)nc(N6CCOCC6)nc54)ccc3c2)CC1. The molecule has 40 heavy (non-hydrogen) atoms. The number of nitrogens with two attached hydrogens (primary N) is 1. The normalized spacial score (nSPS) is 18.4. The monoisotopic (exact) mass is 537 g/mol. The molecule has 2 aromatic heterocycles. The van der Waals surface area contributed by atoms with Gasteiger partial charge in [0.2, 0.25) is 11.9 Å². The van der Waals surface area contributed by atoms with Gasteiger partial charge in [0.05, 0.1) is 18.9 Å². The number of benzene rings is 2. The summed E-state index contributed by atoms with van der Waals surface area (Å²) < 4.78 is 5.58. The molecule has 4 aromatic rings. The summed E-state index contributed by atoms with van der Waals surface area (Å²) in [4.78, 5) is 28.1. The number of nitrogens with zero attached hydrogens (tertiary/aromatic N) is 8. The Morgan fingerprint density at radius 2 is 1.60 bits per heavy atom. The van der Waals surface area contributed by atoms with E-state index in [9.17, 15) is 0 Å². The molecule has 2 aromatic carbocycles. The van der Waals surface area contributed by atoms with E-state index in [0.29, 0.717) is 13.2 Å². The predicted octanol–water partition coefficient (Wildman–Crippen LogP) is 2.95. The summed E-state index contributed by atoms with van der Waals surface area (Å²) in [5, 5.41) is 2.51. The van der Waals surface area contributed by atoms with Crippen molar-refractivity contribution in [3.05, 3.63) is 59.9 Å². The summed E-state index contributed by atoms with van der Waals surface area (Å²) in [7, 11) is 2.20. The van der Waals surface area contributed by atoms with Crippen molar-refractivity contribution in [1.82, 2.24) is 29.7 Å². The van der Waals surface area contributed by atoms with Crippen LogP contribution in [0.4, 0.5) is 23.4 Å². The van der Waals surface area contributed by atoms with E-state index < -0.39 is 0 Å². The van der Waals surface area contributed by atoms with Gasteiger partial charge in [-0.25, -0.2) is 15.0 Å². The van der Waals surface area contributed by atoms with Crippen LogP contribution in [0.15, 0.2) is 48.8 Å².